The maximum atomic E-state index is 12.9. The minimum absolute atomic E-state index is 0.0862. The molecule has 2 nitrogen and oxygen atoms in total. The van der Waals surface area contributed by atoms with Crippen LogP contribution in [0.15, 0.2) is 6.07 Å². The molecule has 0 saturated heterocycles. The van der Waals surface area contributed by atoms with Gasteiger partial charge in [0.1, 0.15) is 5.75 Å². The predicted molar refractivity (Wildman–Crippen MR) is 42.9 cm³/mol. The SMILES string of the molecule is CCOc1cc(F)c(F)c(F)c1C=O. The van der Waals surface area contributed by atoms with Gasteiger partial charge in [-0.25, -0.2) is 13.2 Å². The first-order chi connectivity index (χ1) is 6.61. The van der Waals surface area contributed by atoms with Crippen LogP contribution in [-0.2, 0) is 0 Å². The van der Waals surface area contributed by atoms with E-state index in [1.54, 1.807) is 6.92 Å². The summed E-state index contributed by atoms with van der Waals surface area (Å²) in [5.74, 6) is -4.87. The molecular weight excluding hydrogens is 197 g/mol. The summed E-state index contributed by atoms with van der Waals surface area (Å²) in [4.78, 5) is 10.4. The van der Waals surface area contributed by atoms with Crippen molar-refractivity contribution in [2.45, 2.75) is 6.92 Å². The molecule has 0 amide bonds. The molecule has 0 aromatic heterocycles. The molecule has 0 unspecified atom stereocenters. The number of hydrogen-bond acceptors (Lipinski definition) is 2. The van der Waals surface area contributed by atoms with Gasteiger partial charge in [0.15, 0.2) is 23.7 Å². The third-order valence-corrected chi connectivity index (χ3v) is 1.58. The highest BCUT2D eigenvalue weighted by molar-refractivity contribution is 5.79. The molecule has 0 fully saturated rings. The summed E-state index contributed by atoms with van der Waals surface area (Å²) in [5.41, 5.74) is -0.606. The van der Waals surface area contributed by atoms with E-state index in [-0.39, 0.29) is 18.6 Å². The first kappa shape index (κ1) is 10.6. The van der Waals surface area contributed by atoms with E-state index >= 15 is 0 Å². The van der Waals surface area contributed by atoms with Gasteiger partial charge in [-0.2, -0.15) is 0 Å². The fourth-order valence-corrected chi connectivity index (χ4v) is 0.972. The van der Waals surface area contributed by atoms with Gasteiger partial charge in [0, 0.05) is 6.07 Å². The minimum Gasteiger partial charge on any atom is -0.493 e. The van der Waals surface area contributed by atoms with Gasteiger partial charge in [-0.05, 0) is 6.92 Å². The zero-order chi connectivity index (χ0) is 10.7. The van der Waals surface area contributed by atoms with Gasteiger partial charge in [0.25, 0.3) is 0 Å². The first-order valence-electron chi connectivity index (χ1n) is 3.87. The van der Waals surface area contributed by atoms with Crippen LogP contribution in [0.3, 0.4) is 0 Å². The van der Waals surface area contributed by atoms with Gasteiger partial charge >= 0.3 is 0 Å². The van der Waals surface area contributed by atoms with E-state index in [0.29, 0.717) is 6.07 Å². The number of carbonyl (C=O) groups excluding carboxylic acids is 1. The van der Waals surface area contributed by atoms with Gasteiger partial charge in [-0.15, -0.1) is 0 Å². The third kappa shape index (κ3) is 1.71. The third-order valence-electron chi connectivity index (χ3n) is 1.58. The molecule has 14 heavy (non-hydrogen) atoms. The molecule has 1 aromatic rings. The lowest BCUT2D eigenvalue weighted by molar-refractivity contribution is 0.111. The van der Waals surface area contributed by atoms with Crippen LogP contribution in [0, 0.1) is 17.5 Å². The second-order valence-electron chi connectivity index (χ2n) is 2.45. The number of benzene rings is 1. The Bertz CT molecular complexity index is 364. The lowest BCUT2D eigenvalue weighted by Crippen LogP contribution is -2.03. The smallest absolute Gasteiger partial charge is 0.195 e. The van der Waals surface area contributed by atoms with Crippen molar-refractivity contribution >= 4 is 6.29 Å². The second kappa shape index (κ2) is 4.13. The van der Waals surface area contributed by atoms with Crippen molar-refractivity contribution in [3.8, 4) is 5.75 Å². The summed E-state index contributed by atoms with van der Waals surface area (Å²) in [6, 6.07) is 0.644. The number of aldehydes is 1. The van der Waals surface area contributed by atoms with Crippen molar-refractivity contribution in [3.05, 3.63) is 29.1 Å². The maximum absolute atomic E-state index is 12.9. The van der Waals surface area contributed by atoms with Crippen molar-refractivity contribution in [2.75, 3.05) is 6.61 Å². The van der Waals surface area contributed by atoms with Crippen LogP contribution in [0.5, 0.6) is 5.75 Å². The Kier molecular flexibility index (Phi) is 3.11. The Morgan fingerprint density at radius 1 is 1.36 bits per heavy atom. The van der Waals surface area contributed by atoms with E-state index in [1.807, 2.05) is 0 Å². The number of hydrogen-bond donors (Lipinski definition) is 0. The molecule has 0 aliphatic carbocycles. The fraction of sp³-hybridized carbons (Fsp3) is 0.222. The van der Waals surface area contributed by atoms with Crippen LogP contribution in [0.1, 0.15) is 17.3 Å². The molecule has 0 N–H and O–H groups in total. The van der Waals surface area contributed by atoms with E-state index < -0.39 is 23.0 Å². The monoisotopic (exact) mass is 204 g/mol. The molecule has 0 saturated carbocycles. The van der Waals surface area contributed by atoms with Crippen LogP contribution >= 0.6 is 0 Å². The van der Waals surface area contributed by atoms with Crippen molar-refractivity contribution in [1.82, 2.24) is 0 Å². The van der Waals surface area contributed by atoms with Crippen LogP contribution in [0.2, 0.25) is 0 Å². The number of ether oxygens (including phenoxy) is 1. The molecule has 1 rings (SSSR count). The average Bonchev–Trinajstić information content (AvgIpc) is 2.16. The summed E-state index contributed by atoms with van der Waals surface area (Å²) in [7, 11) is 0. The zero-order valence-electron chi connectivity index (χ0n) is 7.31. The number of rotatable bonds is 3. The number of carbonyl (C=O) groups is 1. The Morgan fingerprint density at radius 2 is 2.00 bits per heavy atom. The van der Waals surface area contributed by atoms with Gasteiger partial charge in [-0.1, -0.05) is 0 Å². The molecule has 0 aliphatic rings. The molecule has 0 atom stereocenters. The zero-order valence-corrected chi connectivity index (χ0v) is 7.31. The molecule has 0 spiro atoms. The fourth-order valence-electron chi connectivity index (χ4n) is 0.972. The van der Waals surface area contributed by atoms with Crippen molar-refractivity contribution in [3.63, 3.8) is 0 Å². The van der Waals surface area contributed by atoms with Gasteiger partial charge in [-0.3, -0.25) is 4.79 Å². The van der Waals surface area contributed by atoms with Crippen LogP contribution in [-0.4, -0.2) is 12.9 Å². The van der Waals surface area contributed by atoms with Crippen molar-refractivity contribution < 1.29 is 22.7 Å². The summed E-state index contributed by atoms with van der Waals surface area (Å²) in [6.07, 6.45) is 0.0862. The van der Waals surface area contributed by atoms with E-state index in [1.165, 1.54) is 0 Å². The summed E-state index contributed by atoms with van der Waals surface area (Å²) >= 11 is 0. The minimum atomic E-state index is -1.67. The van der Waals surface area contributed by atoms with Crippen molar-refractivity contribution in [2.24, 2.45) is 0 Å². The maximum Gasteiger partial charge on any atom is 0.195 e. The van der Waals surface area contributed by atoms with Crippen LogP contribution < -0.4 is 4.74 Å². The highest BCUT2D eigenvalue weighted by atomic mass is 19.2. The molecule has 0 heterocycles. The van der Waals surface area contributed by atoms with Crippen molar-refractivity contribution in [1.29, 1.82) is 0 Å². The second-order valence-corrected chi connectivity index (χ2v) is 2.45. The van der Waals surface area contributed by atoms with Gasteiger partial charge < -0.3 is 4.74 Å². The lowest BCUT2D eigenvalue weighted by Gasteiger charge is -2.07. The standard InChI is InChI=1S/C9H7F3O2/c1-2-14-7-3-6(10)9(12)8(11)5(7)4-13/h3-4H,2H2,1H3. The van der Waals surface area contributed by atoms with Gasteiger partial charge in [0.2, 0.25) is 0 Å². The lowest BCUT2D eigenvalue weighted by atomic mass is 10.2. The Labute approximate surface area is 78.3 Å². The molecule has 0 radical (unpaired) electrons. The normalized spacial score (nSPS) is 10.0. The molecule has 1 aromatic carbocycles. The van der Waals surface area contributed by atoms with E-state index in [0.717, 1.165) is 0 Å². The first-order valence-corrected chi connectivity index (χ1v) is 3.87. The number of halogens is 3. The van der Waals surface area contributed by atoms with Gasteiger partial charge in [0.05, 0.1) is 12.2 Å². The molecular formula is C9H7F3O2. The molecule has 5 heteroatoms. The van der Waals surface area contributed by atoms with E-state index in [9.17, 15) is 18.0 Å². The van der Waals surface area contributed by atoms with Crippen LogP contribution in [0.4, 0.5) is 13.2 Å². The molecule has 0 aliphatic heterocycles. The van der Waals surface area contributed by atoms with Crippen LogP contribution in [0.25, 0.3) is 0 Å². The highest BCUT2D eigenvalue weighted by Gasteiger charge is 2.18. The summed E-state index contributed by atoms with van der Waals surface area (Å²) in [6.45, 7) is 1.71. The van der Waals surface area contributed by atoms with E-state index in [4.69, 9.17) is 4.74 Å². The predicted octanol–water partition coefficient (Wildman–Crippen LogP) is 2.32. The quantitative estimate of drug-likeness (QED) is 0.557. The Morgan fingerprint density at radius 3 is 2.50 bits per heavy atom. The molecule has 0 bridgehead atoms. The summed E-state index contributed by atoms with van der Waals surface area (Å²) < 4.78 is 43.0. The van der Waals surface area contributed by atoms with E-state index in [2.05, 4.69) is 0 Å². The Balaban J connectivity index is 3.35. The highest BCUT2D eigenvalue weighted by Crippen LogP contribution is 2.24. The Hall–Kier alpha value is -1.52. The average molecular weight is 204 g/mol. The molecule has 76 valence electrons. The largest absolute Gasteiger partial charge is 0.493 e. The summed E-state index contributed by atoms with van der Waals surface area (Å²) in [5, 5.41) is 0. The topological polar surface area (TPSA) is 26.3 Å².